The lowest BCUT2D eigenvalue weighted by Gasteiger charge is -2.12. The van der Waals surface area contributed by atoms with Gasteiger partial charge in [0.05, 0.1) is 14.2 Å². The van der Waals surface area contributed by atoms with Crippen LogP contribution in [-0.4, -0.2) is 20.1 Å². The summed E-state index contributed by atoms with van der Waals surface area (Å²) in [5.74, 6) is 1.21. The van der Waals surface area contributed by atoms with Gasteiger partial charge in [-0.3, -0.25) is 4.79 Å². The molecule has 174 valence electrons. The van der Waals surface area contributed by atoms with Gasteiger partial charge in [-0.25, -0.2) is 0 Å². The molecule has 0 aromatic heterocycles. The molecular weight excluding hydrogens is 520 g/mol. The number of amides is 1. The van der Waals surface area contributed by atoms with Crippen LogP contribution in [0.4, 0.5) is 0 Å². The molecule has 3 rings (SSSR count). The van der Waals surface area contributed by atoms with Crippen LogP contribution in [0, 0.1) is 11.3 Å². The Morgan fingerprint density at radius 3 is 2.56 bits per heavy atom. The van der Waals surface area contributed by atoms with Crippen LogP contribution >= 0.6 is 27.5 Å². The summed E-state index contributed by atoms with van der Waals surface area (Å²) in [6, 6.07) is 20.0. The van der Waals surface area contributed by atoms with Crippen molar-refractivity contribution < 1.29 is 19.0 Å². The molecule has 6 nitrogen and oxygen atoms in total. The van der Waals surface area contributed by atoms with Crippen molar-refractivity contribution in [2.75, 3.05) is 14.2 Å². The van der Waals surface area contributed by atoms with E-state index in [1.165, 1.54) is 13.2 Å². The third-order valence-corrected chi connectivity index (χ3v) is 5.77. The molecule has 0 aliphatic heterocycles. The van der Waals surface area contributed by atoms with E-state index >= 15 is 0 Å². The Kier molecular flexibility index (Phi) is 8.97. The zero-order chi connectivity index (χ0) is 24.5. The van der Waals surface area contributed by atoms with Crippen molar-refractivity contribution >= 4 is 39.5 Å². The number of carbonyl (C=O) groups is 1. The lowest BCUT2D eigenvalue weighted by Crippen LogP contribution is -2.24. The SMILES string of the molecule is COc1ccc(CNC(=O)/C(C#N)=C/c2cc(Br)ccc2OCc2ccccc2Cl)c(OC)c1. The van der Waals surface area contributed by atoms with Crippen LogP contribution in [0.1, 0.15) is 16.7 Å². The van der Waals surface area contributed by atoms with E-state index in [1.807, 2.05) is 30.3 Å². The number of ether oxygens (including phenoxy) is 3. The first-order chi connectivity index (χ1) is 16.4. The first kappa shape index (κ1) is 25.2. The van der Waals surface area contributed by atoms with Crippen molar-refractivity contribution in [3.63, 3.8) is 0 Å². The van der Waals surface area contributed by atoms with Crippen LogP contribution in [0.25, 0.3) is 6.08 Å². The van der Waals surface area contributed by atoms with Crippen molar-refractivity contribution in [3.8, 4) is 23.3 Å². The molecule has 3 aromatic carbocycles. The second kappa shape index (κ2) is 12.1. The quantitative estimate of drug-likeness (QED) is 0.269. The third kappa shape index (κ3) is 6.53. The molecule has 0 saturated carbocycles. The highest BCUT2D eigenvalue weighted by Gasteiger charge is 2.13. The van der Waals surface area contributed by atoms with Gasteiger partial charge in [0.1, 0.15) is 35.5 Å². The van der Waals surface area contributed by atoms with Crippen LogP contribution < -0.4 is 19.5 Å². The standard InChI is InChI=1S/C26H22BrClN2O4/c1-32-22-9-7-17(25(13-22)33-2)15-30-26(31)20(14-29)11-19-12-21(27)8-10-24(19)34-16-18-5-3-4-6-23(18)28/h3-13H,15-16H2,1-2H3,(H,30,31)/b20-11+. The molecule has 0 radical (unpaired) electrons. The summed E-state index contributed by atoms with van der Waals surface area (Å²) in [6.07, 6.45) is 1.49. The van der Waals surface area contributed by atoms with E-state index in [1.54, 1.807) is 43.5 Å². The molecule has 0 saturated heterocycles. The summed E-state index contributed by atoms with van der Waals surface area (Å²) < 4.78 is 17.3. The normalized spacial score (nSPS) is 10.9. The molecule has 8 heteroatoms. The molecule has 0 aliphatic carbocycles. The van der Waals surface area contributed by atoms with Crippen LogP contribution in [0.15, 0.2) is 70.7 Å². The second-order valence-corrected chi connectivity index (χ2v) is 8.42. The molecule has 3 aromatic rings. The Balaban J connectivity index is 1.78. The topological polar surface area (TPSA) is 80.6 Å². The maximum Gasteiger partial charge on any atom is 0.262 e. The fraction of sp³-hybridized carbons (Fsp3) is 0.154. The molecule has 0 bridgehead atoms. The number of rotatable bonds is 9. The van der Waals surface area contributed by atoms with Gasteiger partial charge in [-0.1, -0.05) is 45.7 Å². The second-order valence-electron chi connectivity index (χ2n) is 7.09. The van der Waals surface area contributed by atoms with Crippen molar-refractivity contribution in [1.82, 2.24) is 5.32 Å². The fourth-order valence-corrected chi connectivity index (χ4v) is 3.68. The molecule has 0 heterocycles. The number of nitriles is 1. The van der Waals surface area contributed by atoms with E-state index in [9.17, 15) is 10.1 Å². The van der Waals surface area contributed by atoms with Crippen LogP contribution in [0.2, 0.25) is 5.02 Å². The Labute approximate surface area is 211 Å². The minimum absolute atomic E-state index is 0.0619. The van der Waals surface area contributed by atoms with Gasteiger partial charge >= 0.3 is 0 Å². The molecule has 1 N–H and O–H groups in total. The lowest BCUT2D eigenvalue weighted by molar-refractivity contribution is -0.117. The molecule has 0 aliphatic rings. The Morgan fingerprint density at radius 2 is 1.85 bits per heavy atom. The largest absolute Gasteiger partial charge is 0.497 e. The van der Waals surface area contributed by atoms with Gasteiger partial charge in [-0.05, 0) is 42.5 Å². The monoisotopic (exact) mass is 540 g/mol. The number of methoxy groups -OCH3 is 2. The predicted octanol–water partition coefficient (Wildman–Crippen LogP) is 5.92. The van der Waals surface area contributed by atoms with E-state index in [4.69, 9.17) is 25.8 Å². The molecule has 34 heavy (non-hydrogen) atoms. The molecule has 0 atom stereocenters. The first-order valence-corrected chi connectivity index (χ1v) is 11.4. The van der Waals surface area contributed by atoms with Gasteiger partial charge in [0.15, 0.2) is 0 Å². The summed E-state index contributed by atoms with van der Waals surface area (Å²) in [5.41, 5.74) is 2.09. The fourth-order valence-electron chi connectivity index (χ4n) is 3.11. The Bertz CT molecular complexity index is 1250. The minimum Gasteiger partial charge on any atom is -0.497 e. The minimum atomic E-state index is -0.516. The third-order valence-electron chi connectivity index (χ3n) is 4.91. The number of nitrogens with one attached hydrogen (secondary N) is 1. The number of hydrogen-bond acceptors (Lipinski definition) is 5. The van der Waals surface area contributed by atoms with E-state index in [0.717, 1.165) is 15.6 Å². The van der Waals surface area contributed by atoms with Gasteiger partial charge in [0.2, 0.25) is 0 Å². The van der Waals surface area contributed by atoms with E-state index in [2.05, 4.69) is 21.2 Å². The van der Waals surface area contributed by atoms with Crippen molar-refractivity contribution in [3.05, 3.63) is 92.4 Å². The number of hydrogen-bond donors (Lipinski definition) is 1. The van der Waals surface area contributed by atoms with Crippen molar-refractivity contribution in [1.29, 1.82) is 5.26 Å². The zero-order valence-corrected chi connectivity index (χ0v) is 20.9. The summed E-state index contributed by atoms with van der Waals surface area (Å²) >= 11 is 9.64. The Morgan fingerprint density at radius 1 is 1.06 bits per heavy atom. The van der Waals surface area contributed by atoms with E-state index in [0.29, 0.717) is 27.8 Å². The average molecular weight is 542 g/mol. The molecule has 0 unspecified atom stereocenters. The number of carbonyl (C=O) groups excluding carboxylic acids is 1. The summed E-state index contributed by atoms with van der Waals surface area (Å²) in [5, 5.41) is 13.0. The van der Waals surface area contributed by atoms with Crippen LogP contribution in [0.5, 0.6) is 17.2 Å². The number of benzene rings is 3. The summed E-state index contributed by atoms with van der Waals surface area (Å²) in [4.78, 5) is 12.8. The van der Waals surface area contributed by atoms with Gasteiger partial charge in [-0.15, -0.1) is 0 Å². The molecular formula is C26H22BrClN2O4. The first-order valence-electron chi connectivity index (χ1n) is 10.2. The smallest absolute Gasteiger partial charge is 0.262 e. The number of nitrogens with zero attached hydrogens (tertiary/aromatic N) is 1. The summed E-state index contributed by atoms with van der Waals surface area (Å²) in [6.45, 7) is 0.423. The highest BCUT2D eigenvalue weighted by atomic mass is 79.9. The van der Waals surface area contributed by atoms with Gasteiger partial charge in [0, 0.05) is 38.8 Å². The molecule has 0 spiro atoms. The lowest BCUT2D eigenvalue weighted by atomic mass is 10.1. The van der Waals surface area contributed by atoms with Crippen molar-refractivity contribution in [2.45, 2.75) is 13.2 Å². The predicted molar refractivity (Wildman–Crippen MR) is 135 cm³/mol. The van der Waals surface area contributed by atoms with E-state index in [-0.39, 0.29) is 18.7 Å². The van der Waals surface area contributed by atoms with Gasteiger partial charge in [-0.2, -0.15) is 5.26 Å². The zero-order valence-electron chi connectivity index (χ0n) is 18.6. The van der Waals surface area contributed by atoms with Crippen molar-refractivity contribution in [2.24, 2.45) is 0 Å². The van der Waals surface area contributed by atoms with Gasteiger partial charge < -0.3 is 19.5 Å². The molecule has 0 fully saturated rings. The highest BCUT2D eigenvalue weighted by molar-refractivity contribution is 9.10. The maximum absolute atomic E-state index is 12.8. The average Bonchev–Trinajstić information content (AvgIpc) is 2.86. The highest BCUT2D eigenvalue weighted by Crippen LogP contribution is 2.28. The Hall–Kier alpha value is -3.47. The summed E-state index contributed by atoms with van der Waals surface area (Å²) in [7, 11) is 3.10. The maximum atomic E-state index is 12.8. The van der Waals surface area contributed by atoms with Crippen LogP contribution in [-0.2, 0) is 17.9 Å². The molecule has 1 amide bonds. The number of halogens is 2. The van der Waals surface area contributed by atoms with Crippen LogP contribution in [0.3, 0.4) is 0 Å². The van der Waals surface area contributed by atoms with Gasteiger partial charge in [0.25, 0.3) is 5.91 Å². The van der Waals surface area contributed by atoms with E-state index < -0.39 is 5.91 Å².